The van der Waals surface area contributed by atoms with E-state index >= 15 is 0 Å². The number of benzene rings is 2. The average Bonchev–Trinajstić information content (AvgIpc) is 2.58. The van der Waals surface area contributed by atoms with E-state index in [1.165, 1.54) is 10.6 Å². The first-order valence-electron chi connectivity index (χ1n) is 6.70. The molecule has 0 aliphatic carbocycles. The molecule has 21 heavy (non-hydrogen) atoms. The van der Waals surface area contributed by atoms with Gasteiger partial charge in [-0.25, -0.2) is 0 Å². The zero-order valence-electron chi connectivity index (χ0n) is 11.4. The Kier molecular flexibility index (Phi) is 4.18. The summed E-state index contributed by atoms with van der Waals surface area (Å²) in [5, 5.41) is 2.51. The van der Waals surface area contributed by atoms with Gasteiger partial charge in [-0.2, -0.15) is 0 Å². The minimum atomic E-state index is -0.690. The number of aldehydes is 1. The molecule has 1 heterocycles. The zero-order valence-corrected chi connectivity index (χ0v) is 12.3. The molecule has 0 bridgehead atoms. The van der Waals surface area contributed by atoms with Crippen LogP contribution in [0.25, 0.3) is 0 Å². The summed E-state index contributed by atoms with van der Waals surface area (Å²) < 4.78 is 0. The summed E-state index contributed by atoms with van der Waals surface area (Å²) in [7, 11) is -0.690. The zero-order chi connectivity index (χ0) is 14.5. The lowest BCUT2D eigenvalue weighted by Gasteiger charge is -2.18. The highest BCUT2D eigenvalue weighted by Gasteiger charge is 2.17. The second kappa shape index (κ2) is 6.43. The van der Waals surface area contributed by atoms with Crippen LogP contribution in [0.5, 0.6) is 0 Å². The molecule has 0 radical (unpaired) electrons. The van der Waals surface area contributed by atoms with Crippen LogP contribution >= 0.6 is 7.92 Å². The van der Waals surface area contributed by atoms with Crippen molar-refractivity contribution in [1.82, 2.24) is 4.98 Å². The normalized spacial score (nSPS) is 10.5. The average molecular weight is 291 g/mol. The Morgan fingerprint density at radius 1 is 0.762 bits per heavy atom. The van der Waals surface area contributed by atoms with Gasteiger partial charge in [0.25, 0.3) is 0 Å². The highest BCUT2D eigenvalue weighted by atomic mass is 31.1. The van der Waals surface area contributed by atoms with E-state index < -0.39 is 7.92 Å². The Bertz CT molecular complexity index is 672. The number of pyridine rings is 1. The third-order valence-corrected chi connectivity index (χ3v) is 5.52. The molecule has 2 aromatic carbocycles. The van der Waals surface area contributed by atoms with E-state index in [2.05, 4.69) is 29.2 Å². The van der Waals surface area contributed by atoms with Crippen molar-refractivity contribution in [2.75, 3.05) is 0 Å². The molecule has 0 amide bonds. The van der Waals surface area contributed by atoms with Crippen molar-refractivity contribution in [3.05, 3.63) is 84.6 Å². The molecule has 3 aromatic rings. The maximum absolute atomic E-state index is 10.8. The number of aromatic nitrogens is 1. The van der Waals surface area contributed by atoms with Gasteiger partial charge in [0, 0.05) is 19.7 Å². The smallest absolute Gasteiger partial charge is 0.151 e. The van der Waals surface area contributed by atoms with Crippen LogP contribution in [0.1, 0.15) is 10.4 Å². The largest absolute Gasteiger partial charge is 0.298 e. The van der Waals surface area contributed by atoms with Gasteiger partial charge in [0.15, 0.2) is 6.29 Å². The van der Waals surface area contributed by atoms with Crippen molar-refractivity contribution in [3.8, 4) is 0 Å². The molecule has 0 atom stereocenters. The number of carbonyl (C=O) groups excluding carboxylic acids is 1. The standard InChI is InChI=1S/C18H14NOP/c20-14-15-11-12-18(19-13-15)21(16-7-3-1-4-8-16)17-9-5-2-6-10-17/h1-14H. The summed E-state index contributed by atoms with van der Waals surface area (Å²) in [6.45, 7) is 0. The summed E-state index contributed by atoms with van der Waals surface area (Å²) >= 11 is 0. The van der Waals surface area contributed by atoms with Crippen LogP contribution in [0.15, 0.2) is 79.0 Å². The van der Waals surface area contributed by atoms with E-state index in [9.17, 15) is 4.79 Å². The van der Waals surface area contributed by atoms with E-state index in [0.717, 1.165) is 11.7 Å². The van der Waals surface area contributed by atoms with Gasteiger partial charge in [0.05, 0.1) is 5.44 Å². The van der Waals surface area contributed by atoms with Gasteiger partial charge in [-0.3, -0.25) is 9.78 Å². The van der Waals surface area contributed by atoms with Crippen LogP contribution < -0.4 is 16.0 Å². The topological polar surface area (TPSA) is 30.0 Å². The lowest BCUT2D eigenvalue weighted by molar-refractivity contribution is 0.112. The minimum Gasteiger partial charge on any atom is -0.298 e. The summed E-state index contributed by atoms with van der Waals surface area (Å²) in [6.07, 6.45) is 2.47. The Morgan fingerprint density at radius 2 is 1.33 bits per heavy atom. The molecule has 0 saturated heterocycles. The Hall–Kier alpha value is -2.31. The summed E-state index contributed by atoms with van der Waals surface area (Å²) in [5.41, 5.74) is 1.61. The van der Waals surface area contributed by atoms with Gasteiger partial charge < -0.3 is 0 Å². The fraction of sp³-hybridized carbons (Fsp3) is 0. The molecule has 0 unspecified atom stereocenters. The van der Waals surface area contributed by atoms with Crippen LogP contribution in [0.2, 0.25) is 0 Å². The maximum Gasteiger partial charge on any atom is 0.151 e. The molecule has 0 aliphatic heterocycles. The van der Waals surface area contributed by atoms with Crippen LogP contribution in [-0.2, 0) is 0 Å². The van der Waals surface area contributed by atoms with Crippen molar-refractivity contribution in [2.24, 2.45) is 0 Å². The van der Waals surface area contributed by atoms with E-state index in [1.54, 1.807) is 6.20 Å². The van der Waals surface area contributed by atoms with Crippen molar-refractivity contribution in [3.63, 3.8) is 0 Å². The van der Waals surface area contributed by atoms with Gasteiger partial charge in [0.2, 0.25) is 0 Å². The van der Waals surface area contributed by atoms with Crippen molar-refractivity contribution in [2.45, 2.75) is 0 Å². The van der Waals surface area contributed by atoms with Gasteiger partial charge in [0.1, 0.15) is 0 Å². The summed E-state index contributed by atoms with van der Waals surface area (Å²) in [6, 6.07) is 24.5. The molecule has 2 nitrogen and oxygen atoms in total. The third-order valence-electron chi connectivity index (χ3n) is 3.16. The first-order chi connectivity index (χ1) is 10.4. The highest BCUT2D eigenvalue weighted by Crippen LogP contribution is 2.31. The molecule has 0 saturated carbocycles. The number of carbonyl (C=O) groups is 1. The molecule has 1 aromatic heterocycles. The fourth-order valence-corrected chi connectivity index (χ4v) is 4.33. The van der Waals surface area contributed by atoms with Gasteiger partial charge >= 0.3 is 0 Å². The lowest BCUT2D eigenvalue weighted by Crippen LogP contribution is -2.22. The molecule has 0 N–H and O–H groups in total. The van der Waals surface area contributed by atoms with Crippen LogP contribution in [0, 0.1) is 0 Å². The molecule has 3 heteroatoms. The van der Waals surface area contributed by atoms with Crippen LogP contribution in [0.4, 0.5) is 0 Å². The molecule has 0 fully saturated rings. The van der Waals surface area contributed by atoms with Gasteiger partial charge in [-0.15, -0.1) is 0 Å². The molecular weight excluding hydrogens is 277 g/mol. The number of rotatable bonds is 4. The molecule has 102 valence electrons. The Balaban J connectivity index is 2.09. The molecule has 3 rings (SSSR count). The predicted octanol–water partition coefficient (Wildman–Crippen LogP) is 2.65. The summed E-state index contributed by atoms with van der Waals surface area (Å²) in [4.78, 5) is 15.3. The van der Waals surface area contributed by atoms with E-state index in [1.807, 2.05) is 48.5 Å². The predicted molar refractivity (Wildman–Crippen MR) is 88.3 cm³/mol. The van der Waals surface area contributed by atoms with Crippen LogP contribution in [-0.4, -0.2) is 11.3 Å². The number of nitrogens with zero attached hydrogens (tertiary/aromatic N) is 1. The number of hydrogen-bond donors (Lipinski definition) is 0. The Labute approximate surface area is 125 Å². The first-order valence-corrected chi connectivity index (χ1v) is 8.04. The molecular formula is C18H14NOP. The molecule has 0 spiro atoms. The Morgan fingerprint density at radius 3 is 1.76 bits per heavy atom. The second-order valence-electron chi connectivity index (χ2n) is 4.57. The second-order valence-corrected chi connectivity index (χ2v) is 6.74. The fourth-order valence-electron chi connectivity index (χ4n) is 2.17. The molecule has 0 aliphatic rings. The van der Waals surface area contributed by atoms with Crippen molar-refractivity contribution >= 4 is 30.3 Å². The number of hydrogen-bond acceptors (Lipinski definition) is 2. The van der Waals surface area contributed by atoms with Crippen molar-refractivity contribution < 1.29 is 4.79 Å². The van der Waals surface area contributed by atoms with Gasteiger partial charge in [-0.05, 0) is 22.7 Å². The van der Waals surface area contributed by atoms with E-state index in [-0.39, 0.29) is 0 Å². The van der Waals surface area contributed by atoms with Gasteiger partial charge in [-0.1, -0.05) is 60.7 Å². The third kappa shape index (κ3) is 3.07. The quantitative estimate of drug-likeness (QED) is 0.546. The van der Waals surface area contributed by atoms with E-state index in [0.29, 0.717) is 5.56 Å². The minimum absolute atomic E-state index is 0.606. The highest BCUT2D eigenvalue weighted by molar-refractivity contribution is 7.79. The SMILES string of the molecule is O=Cc1ccc(P(c2ccccc2)c2ccccc2)nc1. The van der Waals surface area contributed by atoms with E-state index in [4.69, 9.17) is 0 Å². The maximum atomic E-state index is 10.8. The lowest BCUT2D eigenvalue weighted by atomic mass is 10.3. The van der Waals surface area contributed by atoms with Crippen LogP contribution in [0.3, 0.4) is 0 Å². The summed E-state index contributed by atoms with van der Waals surface area (Å²) in [5.74, 6) is 0. The first kappa shape index (κ1) is 13.7. The van der Waals surface area contributed by atoms with Crippen molar-refractivity contribution in [1.29, 1.82) is 0 Å². The monoisotopic (exact) mass is 291 g/mol.